The molecule has 0 aromatic heterocycles. The van der Waals surface area contributed by atoms with Crippen LogP contribution in [-0.4, -0.2) is 34.9 Å². The maximum atomic E-state index is 12.2. The molecule has 0 spiro atoms. The average molecular weight is 369 g/mol. The van der Waals surface area contributed by atoms with Crippen molar-refractivity contribution in [3.8, 4) is 11.5 Å². The number of carbonyl (C=O) groups excluding carboxylic acids is 1. The maximum absolute atomic E-state index is 12.2. The predicted octanol–water partition coefficient (Wildman–Crippen LogP) is 3.43. The zero-order valence-corrected chi connectivity index (χ0v) is 15.6. The third kappa shape index (κ3) is 5.47. The van der Waals surface area contributed by atoms with Gasteiger partial charge in [-0.15, -0.1) is 0 Å². The second kappa shape index (κ2) is 8.44. The van der Waals surface area contributed by atoms with E-state index in [-0.39, 0.29) is 18.2 Å². The number of ether oxygens (including phenoxy) is 1. The predicted molar refractivity (Wildman–Crippen MR) is 104 cm³/mol. The molecular weight excluding hydrogens is 342 g/mol. The van der Waals surface area contributed by atoms with E-state index >= 15 is 0 Å². The fourth-order valence-corrected chi connectivity index (χ4v) is 3.37. The molecule has 0 saturated heterocycles. The minimum atomic E-state index is -0.868. The molecule has 0 radical (unpaired) electrons. The number of amides is 1. The van der Waals surface area contributed by atoms with E-state index in [2.05, 4.69) is 5.32 Å². The van der Waals surface area contributed by atoms with Crippen molar-refractivity contribution in [2.24, 2.45) is 5.92 Å². The van der Waals surface area contributed by atoms with E-state index in [9.17, 15) is 15.0 Å². The number of hydrogen-bond acceptors (Lipinski definition) is 4. The van der Waals surface area contributed by atoms with Gasteiger partial charge in [-0.2, -0.15) is 0 Å². The molecule has 1 aliphatic rings. The first-order chi connectivity index (χ1) is 12.9. The van der Waals surface area contributed by atoms with Crippen molar-refractivity contribution >= 4 is 5.91 Å². The number of rotatable bonds is 6. The van der Waals surface area contributed by atoms with E-state index in [1.807, 2.05) is 31.2 Å². The summed E-state index contributed by atoms with van der Waals surface area (Å²) < 4.78 is 5.86. The molecule has 2 aromatic carbocycles. The molecule has 3 N–H and O–H groups in total. The molecule has 0 atom stereocenters. The summed E-state index contributed by atoms with van der Waals surface area (Å²) in [5, 5.41) is 22.8. The number of aryl methyl sites for hydroxylation is 1. The highest BCUT2D eigenvalue weighted by molar-refractivity contribution is 5.94. The highest BCUT2D eigenvalue weighted by Gasteiger charge is 2.33. The van der Waals surface area contributed by atoms with Gasteiger partial charge in [0.1, 0.15) is 11.5 Å². The van der Waals surface area contributed by atoms with Crippen molar-refractivity contribution < 1.29 is 19.7 Å². The number of benzene rings is 2. The zero-order chi connectivity index (χ0) is 19.3. The Morgan fingerprint density at radius 1 is 1.11 bits per heavy atom. The number of hydrogen-bond donors (Lipinski definition) is 3. The van der Waals surface area contributed by atoms with Crippen LogP contribution in [0.5, 0.6) is 11.5 Å². The Bertz CT molecular complexity index is 747. The van der Waals surface area contributed by atoms with Gasteiger partial charge in [0.2, 0.25) is 0 Å². The Kier molecular flexibility index (Phi) is 6.01. The number of aromatic hydroxyl groups is 1. The molecule has 27 heavy (non-hydrogen) atoms. The minimum absolute atomic E-state index is 0.122. The number of carbonyl (C=O) groups is 1. The van der Waals surface area contributed by atoms with Crippen LogP contribution in [-0.2, 0) is 0 Å². The smallest absolute Gasteiger partial charge is 0.251 e. The summed E-state index contributed by atoms with van der Waals surface area (Å²) in [5.74, 6) is 1.17. The third-order valence-corrected chi connectivity index (χ3v) is 5.25. The third-order valence-electron chi connectivity index (χ3n) is 5.25. The summed E-state index contributed by atoms with van der Waals surface area (Å²) in [5.41, 5.74) is 0.809. The van der Waals surface area contributed by atoms with Gasteiger partial charge in [0.15, 0.2) is 0 Å². The van der Waals surface area contributed by atoms with Gasteiger partial charge in [0.05, 0.1) is 12.2 Å². The van der Waals surface area contributed by atoms with Gasteiger partial charge in [-0.05, 0) is 74.9 Å². The van der Waals surface area contributed by atoms with E-state index in [1.54, 1.807) is 12.1 Å². The lowest BCUT2D eigenvalue weighted by Gasteiger charge is -2.36. The van der Waals surface area contributed by atoms with Crippen LogP contribution in [0, 0.1) is 12.8 Å². The monoisotopic (exact) mass is 369 g/mol. The van der Waals surface area contributed by atoms with E-state index in [4.69, 9.17) is 4.74 Å². The fraction of sp³-hybridized carbons (Fsp3) is 0.409. The quantitative estimate of drug-likeness (QED) is 0.729. The van der Waals surface area contributed by atoms with Gasteiger partial charge in [0, 0.05) is 12.1 Å². The van der Waals surface area contributed by atoms with E-state index in [0.717, 1.165) is 18.6 Å². The molecule has 144 valence electrons. The van der Waals surface area contributed by atoms with E-state index < -0.39 is 5.60 Å². The van der Waals surface area contributed by atoms with E-state index in [0.29, 0.717) is 30.9 Å². The summed E-state index contributed by atoms with van der Waals surface area (Å²) in [6.45, 7) is 2.93. The van der Waals surface area contributed by atoms with Gasteiger partial charge in [0.25, 0.3) is 5.91 Å². The first-order valence-corrected chi connectivity index (χ1v) is 9.43. The molecule has 5 heteroatoms. The highest BCUT2D eigenvalue weighted by atomic mass is 16.5. The highest BCUT2D eigenvalue weighted by Crippen LogP contribution is 2.32. The van der Waals surface area contributed by atoms with Crippen molar-refractivity contribution in [1.29, 1.82) is 0 Å². The molecule has 1 fully saturated rings. The second-order valence-corrected chi connectivity index (χ2v) is 7.52. The molecule has 2 aromatic rings. The maximum Gasteiger partial charge on any atom is 0.251 e. The topological polar surface area (TPSA) is 78.8 Å². The van der Waals surface area contributed by atoms with Gasteiger partial charge < -0.3 is 20.3 Å². The Morgan fingerprint density at radius 2 is 1.74 bits per heavy atom. The van der Waals surface area contributed by atoms with Gasteiger partial charge in [-0.3, -0.25) is 4.79 Å². The van der Waals surface area contributed by atoms with Crippen LogP contribution >= 0.6 is 0 Å². The molecular formula is C22H27NO4. The molecule has 1 aliphatic carbocycles. The van der Waals surface area contributed by atoms with Gasteiger partial charge >= 0.3 is 0 Å². The van der Waals surface area contributed by atoms with Crippen LogP contribution in [0.15, 0.2) is 48.5 Å². The van der Waals surface area contributed by atoms with Crippen molar-refractivity contribution in [3.05, 3.63) is 59.7 Å². The summed E-state index contributed by atoms with van der Waals surface area (Å²) in [6, 6.07) is 14.1. The molecule has 0 heterocycles. The first kappa shape index (κ1) is 19.2. The molecule has 5 nitrogen and oxygen atoms in total. The Hall–Kier alpha value is -2.53. The fourth-order valence-electron chi connectivity index (χ4n) is 3.37. The largest absolute Gasteiger partial charge is 0.508 e. The lowest BCUT2D eigenvalue weighted by atomic mass is 9.79. The molecule has 0 unspecified atom stereocenters. The normalized spacial score (nSPS) is 22.2. The number of phenolic OH excluding ortho intramolecular Hbond substituents is 1. The molecule has 3 rings (SSSR count). The Balaban J connectivity index is 1.42. The lowest BCUT2D eigenvalue weighted by molar-refractivity contribution is -0.0129. The summed E-state index contributed by atoms with van der Waals surface area (Å²) >= 11 is 0. The van der Waals surface area contributed by atoms with E-state index in [1.165, 1.54) is 17.7 Å². The van der Waals surface area contributed by atoms with Crippen LogP contribution < -0.4 is 10.1 Å². The summed E-state index contributed by atoms with van der Waals surface area (Å²) in [4.78, 5) is 12.2. The van der Waals surface area contributed by atoms with Gasteiger partial charge in [-0.25, -0.2) is 0 Å². The minimum Gasteiger partial charge on any atom is -0.508 e. The molecule has 1 amide bonds. The first-order valence-electron chi connectivity index (χ1n) is 9.43. The van der Waals surface area contributed by atoms with Crippen molar-refractivity contribution in [2.45, 2.75) is 38.2 Å². The van der Waals surface area contributed by atoms with Crippen molar-refractivity contribution in [2.75, 3.05) is 13.2 Å². The van der Waals surface area contributed by atoms with Crippen molar-refractivity contribution in [3.63, 3.8) is 0 Å². The number of nitrogens with one attached hydrogen (secondary N) is 1. The molecule has 0 bridgehead atoms. The van der Waals surface area contributed by atoms with Crippen LogP contribution in [0.1, 0.15) is 41.6 Å². The number of aliphatic hydroxyl groups is 1. The zero-order valence-electron chi connectivity index (χ0n) is 15.6. The Morgan fingerprint density at radius 3 is 2.37 bits per heavy atom. The number of phenols is 1. The van der Waals surface area contributed by atoms with Crippen LogP contribution in [0.2, 0.25) is 0 Å². The second-order valence-electron chi connectivity index (χ2n) is 7.52. The standard InChI is InChI=1S/C22H27NO4/c1-16-2-8-20(9-3-16)27-14-17-10-12-22(26,13-11-17)15-23-21(25)18-4-6-19(24)7-5-18/h2-9,17,24,26H,10-15H2,1H3,(H,23,25). The van der Waals surface area contributed by atoms with Crippen LogP contribution in [0.4, 0.5) is 0 Å². The SMILES string of the molecule is Cc1ccc(OCC2CCC(O)(CNC(=O)c3ccc(O)cc3)CC2)cc1. The molecule has 0 aliphatic heterocycles. The molecule has 1 saturated carbocycles. The van der Waals surface area contributed by atoms with Crippen LogP contribution in [0.25, 0.3) is 0 Å². The van der Waals surface area contributed by atoms with Crippen molar-refractivity contribution in [1.82, 2.24) is 5.32 Å². The summed E-state index contributed by atoms with van der Waals surface area (Å²) in [7, 11) is 0. The average Bonchev–Trinajstić information content (AvgIpc) is 2.68. The van der Waals surface area contributed by atoms with Crippen LogP contribution in [0.3, 0.4) is 0 Å². The lowest BCUT2D eigenvalue weighted by Crippen LogP contribution is -2.45. The summed E-state index contributed by atoms with van der Waals surface area (Å²) in [6.07, 6.45) is 3.03. The Labute approximate surface area is 160 Å². The van der Waals surface area contributed by atoms with Gasteiger partial charge in [-0.1, -0.05) is 17.7 Å².